The van der Waals surface area contributed by atoms with Crippen molar-refractivity contribution in [2.45, 2.75) is 19.3 Å². The first-order valence-electron chi connectivity index (χ1n) is 10.5. The van der Waals surface area contributed by atoms with Gasteiger partial charge in [-0.25, -0.2) is 9.97 Å². The zero-order chi connectivity index (χ0) is 22.1. The zero-order valence-electron chi connectivity index (χ0n) is 17.6. The van der Waals surface area contributed by atoms with Crippen molar-refractivity contribution in [1.82, 2.24) is 24.3 Å². The smallest absolute Gasteiger partial charge is 0.180 e. The highest BCUT2D eigenvalue weighted by Gasteiger charge is 2.16. The Morgan fingerprint density at radius 1 is 1.22 bits per heavy atom. The van der Waals surface area contributed by atoms with Gasteiger partial charge < -0.3 is 15.4 Å². The van der Waals surface area contributed by atoms with Gasteiger partial charge in [0.1, 0.15) is 0 Å². The molecular weight excluding hydrogens is 424 g/mol. The number of benzene rings is 1. The third kappa shape index (κ3) is 3.81. The van der Waals surface area contributed by atoms with Crippen LogP contribution in [0.15, 0.2) is 61.3 Å². The minimum atomic E-state index is -0.0585. The van der Waals surface area contributed by atoms with Gasteiger partial charge >= 0.3 is 0 Å². The predicted molar refractivity (Wildman–Crippen MR) is 127 cm³/mol. The minimum absolute atomic E-state index is 0.0352. The summed E-state index contributed by atoms with van der Waals surface area (Å²) in [6.07, 6.45) is 9.94. The molecule has 0 aliphatic rings. The van der Waals surface area contributed by atoms with E-state index in [2.05, 4.69) is 44.7 Å². The van der Waals surface area contributed by atoms with Gasteiger partial charge in [0.25, 0.3) is 0 Å². The average molecular weight is 447 g/mol. The number of aliphatic hydroxyl groups is 1. The monoisotopic (exact) mass is 446 g/mol. The number of halogens is 1. The number of aromatic nitrogens is 5. The first-order chi connectivity index (χ1) is 15.6. The Bertz CT molecular complexity index is 1390. The average Bonchev–Trinajstić information content (AvgIpc) is 3.43. The van der Waals surface area contributed by atoms with E-state index in [-0.39, 0.29) is 12.5 Å². The first-order valence-corrected chi connectivity index (χ1v) is 10.9. The van der Waals surface area contributed by atoms with E-state index in [1.54, 1.807) is 18.6 Å². The van der Waals surface area contributed by atoms with Crippen LogP contribution in [0.1, 0.15) is 24.1 Å². The van der Waals surface area contributed by atoms with Crippen molar-refractivity contribution in [3.05, 3.63) is 77.6 Å². The van der Waals surface area contributed by atoms with Crippen LogP contribution >= 0.6 is 11.6 Å². The second-order valence-corrected chi connectivity index (χ2v) is 8.30. The van der Waals surface area contributed by atoms with Gasteiger partial charge in [-0.1, -0.05) is 36.7 Å². The second-order valence-electron chi connectivity index (χ2n) is 7.86. The van der Waals surface area contributed by atoms with Crippen LogP contribution < -0.4 is 5.32 Å². The molecule has 3 N–H and O–H groups in total. The lowest BCUT2D eigenvalue weighted by atomic mass is 10.1. The van der Waals surface area contributed by atoms with Crippen molar-refractivity contribution in [3.63, 3.8) is 0 Å². The number of para-hydroxylation sites is 1. The highest BCUT2D eigenvalue weighted by atomic mass is 35.5. The predicted octanol–water partition coefficient (Wildman–Crippen LogP) is 4.68. The number of nitrogens with one attached hydrogen (secondary N) is 2. The SMILES string of the molecule is CC(CO)c1cnc2c(NCCc3c[nH]c4ccccc34)nc(-c3cncc(Cl)c3)cn12. The molecule has 0 aliphatic carbocycles. The fourth-order valence-corrected chi connectivity index (χ4v) is 4.10. The Labute approximate surface area is 190 Å². The highest BCUT2D eigenvalue weighted by Crippen LogP contribution is 2.27. The van der Waals surface area contributed by atoms with Crippen LogP contribution in [0.2, 0.25) is 5.02 Å². The van der Waals surface area contributed by atoms with E-state index >= 15 is 0 Å². The number of hydrogen-bond acceptors (Lipinski definition) is 5. The number of aliphatic hydroxyl groups excluding tert-OH is 1. The first kappa shape index (κ1) is 20.5. The molecule has 0 saturated carbocycles. The molecule has 0 spiro atoms. The molecule has 0 radical (unpaired) electrons. The van der Waals surface area contributed by atoms with Crippen molar-refractivity contribution in [1.29, 1.82) is 0 Å². The van der Waals surface area contributed by atoms with Gasteiger partial charge in [0.05, 0.1) is 17.3 Å². The maximum absolute atomic E-state index is 9.69. The van der Waals surface area contributed by atoms with E-state index in [1.165, 1.54) is 10.9 Å². The molecule has 7 nitrogen and oxygen atoms in total. The number of imidazole rings is 1. The summed E-state index contributed by atoms with van der Waals surface area (Å²) in [7, 11) is 0. The van der Waals surface area contributed by atoms with E-state index in [0.717, 1.165) is 34.5 Å². The number of H-pyrrole nitrogens is 1. The lowest BCUT2D eigenvalue weighted by Gasteiger charge is -2.13. The maximum Gasteiger partial charge on any atom is 0.180 e. The third-order valence-corrected chi connectivity index (χ3v) is 5.87. The molecule has 0 fully saturated rings. The Kier molecular flexibility index (Phi) is 5.51. The number of nitrogens with zero attached hydrogens (tertiary/aromatic N) is 4. The van der Waals surface area contributed by atoms with Crippen LogP contribution in [0.25, 0.3) is 27.8 Å². The summed E-state index contributed by atoms with van der Waals surface area (Å²) < 4.78 is 1.98. The maximum atomic E-state index is 9.69. The van der Waals surface area contributed by atoms with Crippen LogP contribution in [-0.4, -0.2) is 42.6 Å². The molecule has 5 aromatic rings. The number of fused-ring (bicyclic) bond motifs is 2. The van der Waals surface area contributed by atoms with Crippen molar-refractivity contribution in [3.8, 4) is 11.3 Å². The molecule has 8 heteroatoms. The van der Waals surface area contributed by atoms with Gasteiger partial charge in [0.15, 0.2) is 11.5 Å². The molecule has 4 heterocycles. The highest BCUT2D eigenvalue weighted by molar-refractivity contribution is 6.30. The van der Waals surface area contributed by atoms with E-state index in [1.807, 2.05) is 29.7 Å². The molecule has 5 rings (SSSR count). The Hall–Kier alpha value is -3.42. The van der Waals surface area contributed by atoms with Crippen molar-refractivity contribution >= 4 is 34.0 Å². The summed E-state index contributed by atoms with van der Waals surface area (Å²) in [5.41, 5.74) is 5.56. The lowest BCUT2D eigenvalue weighted by molar-refractivity contribution is 0.270. The molecule has 0 saturated heterocycles. The molecule has 32 heavy (non-hydrogen) atoms. The Balaban J connectivity index is 1.50. The molecule has 162 valence electrons. The molecule has 1 atom stereocenters. The zero-order valence-corrected chi connectivity index (χ0v) is 18.3. The molecule has 0 amide bonds. The molecule has 0 bridgehead atoms. The summed E-state index contributed by atoms with van der Waals surface area (Å²) in [6.45, 7) is 2.70. The van der Waals surface area contributed by atoms with E-state index in [0.29, 0.717) is 17.4 Å². The van der Waals surface area contributed by atoms with Crippen molar-refractivity contribution < 1.29 is 5.11 Å². The molecule has 1 aromatic carbocycles. The normalized spacial score (nSPS) is 12.5. The van der Waals surface area contributed by atoms with Crippen molar-refractivity contribution in [2.24, 2.45) is 0 Å². The third-order valence-electron chi connectivity index (χ3n) is 5.66. The fourth-order valence-electron chi connectivity index (χ4n) is 3.93. The summed E-state index contributed by atoms with van der Waals surface area (Å²) in [5, 5.41) is 14.9. The van der Waals surface area contributed by atoms with Gasteiger partial charge in [-0.15, -0.1) is 0 Å². The van der Waals surface area contributed by atoms with Gasteiger partial charge in [-0.3, -0.25) is 9.38 Å². The van der Waals surface area contributed by atoms with Gasteiger partial charge in [-0.2, -0.15) is 0 Å². The molecule has 4 aromatic heterocycles. The van der Waals surface area contributed by atoms with Crippen LogP contribution in [0, 0.1) is 0 Å². The van der Waals surface area contributed by atoms with E-state index in [9.17, 15) is 5.11 Å². The minimum Gasteiger partial charge on any atom is -0.396 e. The van der Waals surface area contributed by atoms with Gasteiger partial charge in [-0.05, 0) is 24.1 Å². The molecule has 0 aliphatic heterocycles. The quantitative estimate of drug-likeness (QED) is 0.338. The van der Waals surface area contributed by atoms with Crippen molar-refractivity contribution in [2.75, 3.05) is 18.5 Å². The van der Waals surface area contributed by atoms with Crippen LogP contribution in [-0.2, 0) is 6.42 Å². The van der Waals surface area contributed by atoms with Crippen LogP contribution in [0.4, 0.5) is 5.82 Å². The fraction of sp³-hybridized carbons (Fsp3) is 0.208. The largest absolute Gasteiger partial charge is 0.396 e. The summed E-state index contributed by atoms with van der Waals surface area (Å²) in [4.78, 5) is 16.9. The molecule has 1 unspecified atom stereocenters. The van der Waals surface area contributed by atoms with Gasteiger partial charge in [0.2, 0.25) is 0 Å². The Morgan fingerprint density at radius 3 is 2.94 bits per heavy atom. The van der Waals surface area contributed by atoms with E-state index < -0.39 is 0 Å². The number of pyridine rings is 1. The van der Waals surface area contributed by atoms with E-state index in [4.69, 9.17) is 16.6 Å². The van der Waals surface area contributed by atoms with Gasteiger partial charge in [0, 0.05) is 65.6 Å². The summed E-state index contributed by atoms with van der Waals surface area (Å²) in [5.74, 6) is 0.621. The number of hydrogen-bond donors (Lipinski definition) is 3. The second kappa shape index (κ2) is 8.61. The topological polar surface area (TPSA) is 91.1 Å². The summed E-state index contributed by atoms with van der Waals surface area (Å²) in [6, 6.07) is 10.1. The standard InChI is InChI=1S/C24H23ClN6O/c1-15(14-32)22-12-29-24-23(27-7-6-16-10-28-20-5-3-2-4-19(16)20)30-21(13-31(22)24)17-8-18(25)11-26-9-17/h2-5,8-13,15,28,32H,6-7,14H2,1H3,(H,27,30). The van der Waals surface area contributed by atoms with Crippen LogP contribution in [0.3, 0.4) is 0 Å². The Morgan fingerprint density at radius 2 is 2.09 bits per heavy atom. The molecular formula is C24H23ClN6O. The number of rotatable bonds is 7. The lowest BCUT2D eigenvalue weighted by Crippen LogP contribution is -2.10. The summed E-state index contributed by atoms with van der Waals surface area (Å²) >= 11 is 6.16. The van der Waals surface area contributed by atoms with Crippen LogP contribution in [0.5, 0.6) is 0 Å². The number of aromatic amines is 1. The number of anilines is 1.